The predicted molar refractivity (Wildman–Crippen MR) is 79.1 cm³/mol. The van der Waals surface area contributed by atoms with E-state index in [1.54, 1.807) is 24.1 Å². The van der Waals surface area contributed by atoms with Crippen molar-refractivity contribution in [1.82, 2.24) is 4.90 Å². The number of nitro groups is 1. The number of para-hydroxylation sites is 1. The lowest BCUT2D eigenvalue weighted by molar-refractivity contribution is -0.384. The summed E-state index contributed by atoms with van der Waals surface area (Å²) in [6, 6.07) is 4.76. The molecule has 110 valence electrons. The van der Waals surface area contributed by atoms with Gasteiger partial charge in [0.05, 0.1) is 4.92 Å². The van der Waals surface area contributed by atoms with E-state index in [1.807, 2.05) is 13.8 Å². The van der Waals surface area contributed by atoms with Crippen molar-refractivity contribution in [3.63, 3.8) is 0 Å². The molecule has 0 unspecified atom stereocenters. The van der Waals surface area contributed by atoms with Gasteiger partial charge in [0.25, 0.3) is 5.91 Å². The Hall–Kier alpha value is -2.11. The van der Waals surface area contributed by atoms with Crippen molar-refractivity contribution < 1.29 is 9.72 Å². The summed E-state index contributed by atoms with van der Waals surface area (Å²) in [4.78, 5) is 24.8. The molecule has 0 heterocycles. The molecular weight excluding hydrogens is 258 g/mol. The fourth-order valence-electron chi connectivity index (χ4n) is 2.04. The third-order valence-corrected chi connectivity index (χ3v) is 3.17. The molecule has 0 saturated carbocycles. The quantitative estimate of drug-likeness (QED) is 0.615. The second-order valence-corrected chi connectivity index (χ2v) is 4.45. The minimum absolute atomic E-state index is 0.139. The molecule has 0 aliphatic rings. The number of rotatable bonds is 7. The molecule has 0 fully saturated rings. The van der Waals surface area contributed by atoms with Crippen molar-refractivity contribution in [3.8, 4) is 0 Å². The number of benzene rings is 1. The number of hydrogen-bond acceptors (Lipinski definition) is 4. The number of hydrogen-bond donors (Lipinski definition) is 1. The van der Waals surface area contributed by atoms with Gasteiger partial charge in [0.15, 0.2) is 0 Å². The van der Waals surface area contributed by atoms with Gasteiger partial charge in [-0.05, 0) is 25.5 Å². The first-order valence-electron chi connectivity index (χ1n) is 6.81. The molecule has 0 aliphatic heterocycles. The van der Waals surface area contributed by atoms with Gasteiger partial charge in [-0.1, -0.05) is 19.4 Å². The summed E-state index contributed by atoms with van der Waals surface area (Å²) < 4.78 is 0. The van der Waals surface area contributed by atoms with E-state index in [9.17, 15) is 14.9 Å². The maximum atomic E-state index is 12.5. The Bertz CT molecular complexity index is 489. The molecule has 6 heteroatoms. The van der Waals surface area contributed by atoms with Crippen molar-refractivity contribution >= 4 is 17.3 Å². The van der Waals surface area contributed by atoms with Crippen LogP contribution in [0.3, 0.4) is 0 Å². The van der Waals surface area contributed by atoms with Crippen molar-refractivity contribution in [1.29, 1.82) is 0 Å². The van der Waals surface area contributed by atoms with Crippen LogP contribution < -0.4 is 5.32 Å². The van der Waals surface area contributed by atoms with Gasteiger partial charge in [-0.15, -0.1) is 0 Å². The van der Waals surface area contributed by atoms with E-state index in [4.69, 9.17) is 0 Å². The minimum atomic E-state index is -0.507. The van der Waals surface area contributed by atoms with Crippen LogP contribution in [-0.2, 0) is 0 Å². The molecule has 1 N–H and O–H groups in total. The second kappa shape index (κ2) is 7.47. The fourth-order valence-corrected chi connectivity index (χ4v) is 2.04. The van der Waals surface area contributed by atoms with Crippen molar-refractivity contribution in [2.45, 2.75) is 26.7 Å². The van der Waals surface area contributed by atoms with E-state index in [1.165, 1.54) is 6.07 Å². The number of nitro benzene ring substituents is 1. The van der Waals surface area contributed by atoms with E-state index in [-0.39, 0.29) is 17.2 Å². The third kappa shape index (κ3) is 3.46. The van der Waals surface area contributed by atoms with Crippen LogP contribution in [0.25, 0.3) is 0 Å². The van der Waals surface area contributed by atoms with Crippen LogP contribution in [0.1, 0.15) is 37.0 Å². The van der Waals surface area contributed by atoms with E-state index in [0.29, 0.717) is 18.8 Å². The zero-order valence-corrected chi connectivity index (χ0v) is 12.2. The molecule has 6 nitrogen and oxygen atoms in total. The number of amides is 1. The Balaban J connectivity index is 3.17. The Kier molecular flexibility index (Phi) is 5.96. The normalized spacial score (nSPS) is 10.2. The Morgan fingerprint density at radius 2 is 2.10 bits per heavy atom. The summed E-state index contributed by atoms with van der Waals surface area (Å²) in [5, 5.41) is 14.0. The number of carbonyl (C=O) groups is 1. The van der Waals surface area contributed by atoms with Crippen LogP contribution in [0.5, 0.6) is 0 Å². The summed E-state index contributed by atoms with van der Waals surface area (Å²) in [6.07, 6.45) is 1.86. The molecule has 1 amide bonds. The van der Waals surface area contributed by atoms with E-state index >= 15 is 0 Å². The lowest BCUT2D eigenvalue weighted by Gasteiger charge is -2.21. The summed E-state index contributed by atoms with van der Waals surface area (Å²) in [6.45, 7) is 5.08. The first-order chi connectivity index (χ1) is 9.56. The summed E-state index contributed by atoms with van der Waals surface area (Å²) in [5.41, 5.74) is 0.335. The lowest BCUT2D eigenvalue weighted by atomic mass is 10.1. The first-order valence-corrected chi connectivity index (χ1v) is 6.81. The number of anilines is 1. The van der Waals surface area contributed by atoms with Gasteiger partial charge < -0.3 is 10.2 Å². The Labute approximate surface area is 118 Å². The molecule has 1 aromatic rings. The number of nitrogens with zero attached hydrogens (tertiary/aromatic N) is 2. The molecule has 20 heavy (non-hydrogen) atoms. The monoisotopic (exact) mass is 279 g/mol. The highest BCUT2D eigenvalue weighted by Gasteiger charge is 2.26. The average molecular weight is 279 g/mol. The van der Waals surface area contributed by atoms with Gasteiger partial charge in [0.2, 0.25) is 0 Å². The van der Waals surface area contributed by atoms with E-state index in [2.05, 4.69) is 5.32 Å². The van der Waals surface area contributed by atoms with Crippen molar-refractivity contribution in [3.05, 3.63) is 33.9 Å². The topological polar surface area (TPSA) is 75.5 Å². The molecule has 0 saturated heterocycles. The van der Waals surface area contributed by atoms with Crippen LogP contribution in [-0.4, -0.2) is 35.9 Å². The third-order valence-electron chi connectivity index (χ3n) is 3.17. The Morgan fingerprint density at radius 1 is 1.40 bits per heavy atom. The molecular formula is C14H21N3O3. The van der Waals surface area contributed by atoms with Gasteiger partial charge in [-0.3, -0.25) is 14.9 Å². The lowest BCUT2D eigenvalue weighted by Crippen LogP contribution is -2.32. The predicted octanol–water partition coefficient (Wildman–Crippen LogP) is 2.90. The maximum Gasteiger partial charge on any atom is 0.305 e. The molecule has 0 atom stereocenters. The summed E-state index contributed by atoms with van der Waals surface area (Å²) in [5.74, 6) is -0.287. The SMILES string of the molecule is CCCCN(CC)C(=O)c1cccc(NC)c1[N+](=O)[O-]. The number of nitrogens with one attached hydrogen (secondary N) is 1. The van der Waals surface area contributed by atoms with Gasteiger partial charge in [0, 0.05) is 20.1 Å². The van der Waals surface area contributed by atoms with Crippen LogP contribution >= 0.6 is 0 Å². The maximum absolute atomic E-state index is 12.5. The minimum Gasteiger partial charge on any atom is -0.383 e. The highest BCUT2D eigenvalue weighted by molar-refractivity contribution is 6.00. The van der Waals surface area contributed by atoms with Gasteiger partial charge in [-0.2, -0.15) is 0 Å². The second-order valence-electron chi connectivity index (χ2n) is 4.45. The fraction of sp³-hybridized carbons (Fsp3) is 0.500. The molecule has 0 spiro atoms. The summed E-state index contributed by atoms with van der Waals surface area (Å²) >= 11 is 0. The van der Waals surface area contributed by atoms with Gasteiger partial charge >= 0.3 is 5.69 Å². The van der Waals surface area contributed by atoms with Gasteiger partial charge in [0.1, 0.15) is 11.3 Å². The molecule has 0 radical (unpaired) electrons. The molecule has 0 aliphatic carbocycles. The van der Waals surface area contributed by atoms with Crippen LogP contribution in [0.4, 0.5) is 11.4 Å². The molecule has 0 bridgehead atoms. The number of carbonyl (C=O) groups excluding carboxylic acids is 1. The first kappa shape index (κ1) is 15.9. The largest absolute Gasteiger partial charge is 0.383 e. The zero-order chi connectivity index (χ0) is 15.1. The van der Waals surface area contributed by atoms with Crippen molar-refractivity contribution in [2.24, 2.45) is 0 Å². The van der Waals surface area contributed by atoms with Crippen LogP contribution in [0.15, 0.2) is 18.2 Å². The van der Waals surface area contributed by atoms with E-state index in [0.717, 1.165) is 12.8 Å². The van der Waals surface area contributed by atoms with E-state index < -0.39 is 4.92 Å². The Morgan fingerprint density at radius 3 is 2.60 bits per heavy atom. The smallest absolute Gasteiger partial charge is 0.305 e. The molecule has 0 aromatic heterocycles. The zero-order valence-electron chi connectivity index (χ0n) is 12.2. The van der Waals surface area contributed by atoms with Crippen LogP contribution in [0, 0.1) is 10.1 Å². The van der Waals surface area contributed by atoms with Crippen molar-refractivity contribution in [2.75, 3.05) is 25.5 Å². The molecule has 1 rings (SSSR count). The highest BCUT2D eigenvalue weighted by atomic mass is 16.6. The van der Waals surface area contributed by atoms with Crippen LogP contribution in [0.2, 0.25) is 0 Å². The standard InChI is InChI=1S/C14H21N3O3/c1-4-6-10-16(5-2)14(18)11-8-7-9-12(15-3)13(11)17(19)20/h7-9,15H,4-6,10H2,1-3H3. The summed E-state index contributed by atoms with van der Waals surface area (Å²) in [7, 11) is 1.60. The average Bonchev–Trinajstić information content (AvgIpc) is 2.46. The molecule has 1 aromatic carbocycles. The highest BCUT2D eigenvalue weighted by Crippen LogP contribution is 2.29. The van der Waals surface area contributed by atoms with Gasteiger partial charge in [-0.25, -0.2) is 0 Å². The number of unbranched alkanes of at least 4 members (excludes halogenated alkanes) is 1.